The summed E-state index contributed by atoms with van der Waals surface area (Å²) in [4.78, 5) is 4.25. The van der Waals surface area contributed by atoms with Crippen LogP contribution in [0.2, 0.25) is 5.02 Å². The number of sulfonamides is 1. The van der Waals surface area contributed by atoms with E-state index in [1.165, 1.54) is 11.3 Å². The van der Waals surface area contributed by atoms with Crippen molar-refractivity contribution < 1.29 is 8.42 Å². The molecule has 2 aromatic heterocycles. The lowest BCUT2D eigenvalue weighted by molar-refractivity contribution is 0.384. The first kappa shape index (κ1) is 21.4. The molecule has 1 saturated heterocycles. The quantitative estimate of drug-likeness (QED) is 0.615. The number of benzene rings is 1. The second-order valence-electron chi connectivity index (χ2n) is 7.68. The van der Waals surface area contributed by atoms with Crippen LogP contribution in [0.25, 0.3) is 10.6 Å². The smallest absolute Gasteiger partial charge is 0.244 e. The Bertz CT molecular complexity index is 1190. The number of nitrogens with zero attached hydrogens (tertiary/aromatic N) is 3. The number of H-pyrrole nitrogens is 1. The second kappa shape index (κ2) is 8.00. The van der Waals surface area contributed by atoms with Crippen molar-refractivity contribution in [3.8, 4) is 10.6 Å². The van der Waals surface area contributed by atoms with Crippen molar-refractivity contribution in [2.75, 3.05) is 31.1 Å². The van der Waals surface area contributed by atoms with Crippen LogP contribution >= 0.6 is 22.9 Å². The highest BCUT2D eigenvalue weighted by atomic mass is 35.5. The van der Waals surface area contributed by atoms with E-state index in [-0.39, 0.29) is 0 Å². The van der Waals surface area contributed by atoms with Crippen LogP contribution in [-0.4, -0.2) is 49.1 Å². The summed E-state index contributed by atoms with van der Waals surface area (Å²) in [6.45, 7) is 10.0. The van der Waals surface area contributed by atoms with Gasteiger partial charge in [-0.15, -0.1) is 11.3 Å². The number of aromatic nitrogens is 2. The van der Waals surface area contributed by atoms with E-state index >= 15 is 0 Å². The largest absolute Gasteiger partial charge is 0.369 e. The highest BCUT2D eigenvalue weighted by molar-refractivity contribution is 7.89. The lowest BCUT2D eigenvalue weighted by Gasteiger charge is -2.36. The van der Waals surface area contributed by atoms with Gasteiger partial charge < -0.3 is 4.90 Å². The average molecular weight is 465 g/mol. The Morgan fingerprint density at radius 2 is 1.77 bits per heavy atom. The third-order valence-corrected chi connectivity index (χ3v) is 9.17. The molecule has 0 atom stereocenters. The fourth-order valence-electron chi connectivity index (χ4n) is 3.79. The molecule has 0 radical (unpaired) electrons. The summed E-state index contributed by atoms with van der Waals surface area (Å²) in [7, 11) is -3.56. The lowest BCUT2D eigenvalue weighted by atomic mass is 10.1. The zero-order valence-electron chi connectivity index (χ0n) is 17.5. The van der Waals surface area contributed by atoms with Gasteiger partial charge in [0.15, 0.2) is 0 Å². The third-order valence-electron chi connectivity index (χ3n) is 5.73. The van der Waals surface area contributed by atoms with Gasteiger partial charge in [0.25, 0.3) is 0 Å². The number of piperazine rings is 1. The van der Waals surface area contributed by atoms with Gasteiger partial charge in [-0.1, -0.05) is 17.7 Å². The molecule has 0 saturated carbocycles. The van der Waals surface area contributed by atoms with Gasteiger partial charge in [0.1, 0.15) is 5.69 Å². The molecular formula is C21H25ClN4O2S2. The molecule has 160 valence electrons. The maximum absolute atomic E-state index is 13.4. The summed E-state index contributed by atoms with van der Waals surface area (Å²) in [5.41, 5.74) is 5.07. The number of anilines is 1. The van der Waals surface area contributed by atoms with Gasteiger partial charge in [0.2, 0.25) is 10.0 Å². The number of hydrogen-bond acceptors (Lipinski definition) is 5. The molecule has 30 heavy (non-hydrogen) atoms. The summed E-state index contributed by atoms with van der Waals surface area (Å²) >= 11 is 7.63. The lowest BCUT2D eigenvalue weighted by Crippen LogP contribution is -2.48. The van der Waals surface area contributed by atoms with E-state index < -0.39 is 10.0 Å². The number of rotatable bonds is 4. The molecule has 1 N–H and O–H groups in total. The summed E-state index contributed by atoms with van der Waals surface area (Å²) in [6, 6.07) is 7.59. The molecule has 3 aromatic rings. The zero-order valence-corrected chi connectivity index (χ0v) is 19.9. The molecule has 0 unspecified atom stereocenters. The standard InChI is InChI=1S/C21H25ClN4O2S2/c1-13-5-6-17(22)11-18(13)25-7-9-26(10-8-25)30(27,28)20-12-19(29-16(20)4)21-14(2)15(3)23-24-21/h5-6,11-12H,7-10H2,1-4H3,(H,23,24). The Labute approximate surface area is 186 Å². The van der Waals surface area contributed by atoms with Crippen molar-refractivity contribution in [3.05, 3.63) is 51.0 Å². The predicted molar refractivity (Wildman–Crippen MR) is 123 cm³/mol. The fraction of sp³-hybridized carbons (Fsp3) is 0.381. The van der Waals surface area contributed by atoms with Crippen molar-refractivity contribution in [2.45, 2.75) is 32.6 Å². The van der Waals surface area contributed by atoms with E-state index in [1.54, 1.807) is 10.4 Å². The number of halogens is 1. The SMILES string of the molecule is Cc1ccc(Cl)cc1N1CCN(S(=O)(=O)c2cc(-c3n[nH]c(C)c3C)sc2C)CC1. The minimum Gasteiger partial charge on any atom is -0.369 e. The van der Waals surface area contributed by atoms with Crippen molar-refractivity contribution >= 4 is 38.6 Å². The Hall–Kier alpha value is -1.87. The van der Waals surface area contributed by atoms with E-state index in [2.05, 4.69) is 15.1 Å². The van der Waals surface area contributed by atoms with E-state index in [0.717, 1.165) is 38.0 Å². The highest BCUT2D eigenvalue weighted by Gasteiger charge is 2.31. The van der Waals surface area contributed by atoms with Crippen LogP contribution in [0.4, 0.5) is 5.69 Å². The van der Waals surface area contributed by atoms with Crippen LogP contribution in [0, 0.1) is 27.7 Å². The summed E-state index contributed by atoms with van der Waals surface area (Å²) in [5.74, 6) is 0. The molecule has 4 rings (SSSR count). The van der Waals surface area contributed by atoms with E-state index in [4.69, 9.17) is 11.6 Å². The van der Waals surface area contributed by atoms with E-state index in [0.29, 0.717) is 36.1 Å². The van der Waals surface area contributed by atoms with Gasteiger partial charge in [-0.05, 0) is 57.0 Å². The summed E-state index contributed by atoms with van der Waals surface area (Å²) < 4.78 is 28.3. The Morgan fingerprint density at radius 3 is 2.40 bits per heavy atom. The van der Waals surface area contributed by atoms with Gasteiger partial charge in [-0.25, -0.2) is 8.42 Å². The van der Waals surface area contributed by atoms with Gasteiger partial charge in [0.05, 0.1) is 9.77 Å². The molecule has 0 aliphatic carbocycles. The highest BCUT2D eigenvalue weighted by Crippen LogP contribution is 2.36. The second-order valence-corrected chi connectivity index (χ2v) is 11.3. The van der Waals surface area contributed by atoms with Crippen LogP contribution in [0.15, 0.2) is 29.2 Å². The van der Waals surface area contributed by atoms with Crippen molar-refractivity contribution in [2.24, 2.45) is 0 Å². The number of hydrogen-bond donors (Lipinski definition) is 1. The predicted octanol–water partition coefficient (Wildman–Crippen LogP) is 4.54. The van der Waals surface area contributed by atoms with Gasteiger partial charge in [0, 0.05) is 47.5 Å². The normalized spacial score (nSPS) is 15.7. The van der Waals surface area contributed by atoms with Gasteiger partial charge in [-0.2, -0.15) is 9.40 Å². The third kappa shape index (κ3) is 3.77. The minimum absolute atomic E-state index is 0.384. The summed E-state index contributed by atoms with van der Waals surface area (Å²) in [5, 5.41) is 8.02. The maximum Gasteiger partial charge on any atom is 0.244 e. The van der Waals surface area contributed by atoms with E-state index in [9.17, 15) is 8.42 Å². The molecule has 1 fully saturated rings. The molecule has 1 aliphatic heterocycles. The first-order chi connectivity index (χ1) is 14.2. The number of aromatic amines is 1. The van der Waals surface area contributed by atoms with Crippen molar-refractivity contribution in [3.63, 3.8) is 0 Å². The van der Waals surface area contributed by atoms with Crippen molar-refractivity contribution in [1.29, 1.82) is 0 Å². The van der Waals surface area contributed by atoms with Crippen molar-refractivity contribution in [1.82, 2.24) is 14.5 Å². The Kier molecular flexibility index (Phi) is 5.69. The Morgan fingerprint density at radius 1 is 1.07 bits per heavy atom. The monoisotopic (exact) mass is 464 g/mol. The molecule has 1 aromatic carbocycles. The fourth-order valence-corrected chi connectivity index (χ4v) is 6.99. The minimum atomic E-state index is -3.56. The van der Waals surface area contributed by atoms with Crippen LogP contribution < -0.4 is 4.90 Å². The van der Waals surface area contributed by atoms with E-state index in [1.807, 2.05) is 45.9 Å². The molecule has 3 heterocycles. The summed E-state index contributed by atoms with van der Waals surface area (Å²) in [6.07, 6.45) is 0. The first-order valence-corrected chi connectivity index (χ1v) is 12.5. The zero-order chi connectivity index (χ0) is 21.6. The van der Waals surface area contributed by atoms with Crippen LogP contribution in [0.3, 0.4) is 0 Å². The molecule has 0 spiro atoms. The number of aryl methyl sites for hydroxylation is 3. The molecule has 0 amide bonds. The maximum atomic E-state index is 13.4. The van der Waals surface area contributed by atoms with Gasteiger partial charge in [-0.3, -0.25) is 5.10 Å². The average Bonchev–Trinajstić information content (AvgIpc) is 3.26. The van der Waals surface area contributed by atoms with Crippen LogP contribution in [-0.2, 0) is 10.0 Å². The molecular weight excluding hydrogens is 440 g/mol. The Balaban J connectivity index is 1.55. The van der Waals surface area contributed by atoms with Crippen LogP contribution in [0.5, 0.6) is 0 Å². The molecule has 6 nitrogen and oxygen atoms in total. The number of thiophene rings is 1. The molecule has 0 bridgehead atoms. The first-order valence-electron chi connectivity index (χ1n) is 9.82. The molecule has 1 aliphatic rings. The topological polar surface area (TPSA) is 69.3 Å². The molecule has 9 heteroatoms. The van der Waals surface area contributed by atoms with Crippen LogP contribution in [0.1, 0.15) is 21.7 Å². The number of nitrogens with one attached hydrogen (secondary N) is 1. The van der Waals surface area contributed by atoms with Gasteiger partial charge >= 0.3 is 0 Å².